The molecule has 0 aliphatic rings. The first-order valence-corrected chi connectivity index (χ1v) is 27.8. The van der Waals surface area contributed by atoms with Crippen molar-refractivity contribution in [3.63, 3.8) is 0 Å². The van der Waals surface area contributed by atoms with Crippen molar-refractivity contribution < 1.29 is 0 Å². The minimum atomic E-state index is 1.05. The van der Waals surface area contributed by atoms with Crippen molar-refractivity contribution in [2.45, 2.75) is 0 Å². The minimum Gasteiger partial charge on any atom is -0.310 e. The molecule has 0 radical (unpaired) electrons. The Morgan fingerprint density at radius 1 is 0.215 bits per heavy atom. The van der Waals surface area contributed by atoms with Gasteiger partial charge in [0.25, 0.3) is 0 Å². The number of nitrogens with zero attached hydrogens (tertiary/aromatic N) is 2. The van der Waals surface area contributed by atoms with Crippen LogP contribution in [0, 0.1) is 0 Å². The van der Waals surface area contributed by atoms with Crippen molar-refractivity contribution in [1.29, 1.82) is 0 Å². The van der Waals surface area contributed by atoms with Crippen molar-refractivity contribution in [1.82, 2.24) is 0 Å². The van der Waals surface area contributed by atoms with Crippen LogP contribution in [-0.2, 0) is 0 Å². The molecule has 14 rings (SSSR count). The minimum absolute atomic E-state index is 1.05. The van der Waals surface area contributed by atoms with Gasteiger partial charge in [-0.05, 0) is 134 Å². The molecule has 0 unspecified atom stereocenters. The highest BCUT2D eigenvalue weighted by atomic mass is 32.1. The normalized spacial score (nSPS) is 11.3. The fraction of sp³-hybridized carbons (Fsp3) is 0. The van der Waals surface area contributed by atoms with Gasteiger partial charge in [-0.15, -0.1) is 11.3 Å². The van der Waals surface area contributed by atoms with E-state index in [4.69, 9.17) is 0 Å². The van der Waals surface area contributed by atoms with E-state index in [1.54, 1.807) is 0 Å². The molecule has 0 spiro atoms. The molecule has 0 aliphatic carbocycles. The quantitative estimate of drug-likeness (QED) is 0.120. The van der Waals surface area contributed by atoms with Gasteiger partial charge in [0.15, 0.2) is 0 Å². The van der Waals surface area contributed by atoms with Crippen LogP contribution < -0.4 is 9.80 Å². The van der Waals surface area contributed by atoms with Gasteiger partial charge in [0, 0.05) is 53.9 Å². The molecule has 0 N–H and O–H groups in total. The van der Waals surface area contributed by atoms with Gasteiger partial charge in [0.2, 0.25) is 0 Å². The number of benzene rings is 13. The predicted octanol–water partition coefficient (Wildman–Crippen LogP) is 22.1. The van der Waals surface area contributed by atoms with E-state index in [9.17, 15) is 0 Å². The van der Waals surface area contributed by atoms with E-state index in [1.807, 2.05) is 11.3 Å². The molecule has 14 aromatic rings. The van der Waals surface area contributed by atoms with Crippen LogP contribution in [0.4, 0.5) is 34.1 Å². The molecule has 79 heavy (non-hydrogen) atoms. The maximum atomic E-state index is 2.46. The Morgan fingerprint density at radius 3 is 1.16 bits per heavy atom. The number of thiophene rings is 1. The third kappa shape index (κ3) is 9.02. The summed E-state index contributed by atoms with van der Waals surface area (Å²) in [7, 11) is 0. The lowest BCUT2D eigenvalue weighted by Gasteiger charge is -2.31. The lowest BCUT2D eigenvalue weighted by atomic mass is 9.94. The molecule has 13 aromatic carbocycles. The molecule has 372 valence electrons. The van der Waals surface area contributed by atoms with E-state index < -0.39 is 0 Å². The smallest absolute Gasteiger partial charge is 0.0540 e. The second-order valence-corrected chi connectivity index (χ2v) is 21.1. The Morgan fingerprint density at radius 2 is 0.595 bits per heavy atom. The first-order valence-electron chi connectivity index (χ1n) is 27.0. The topological polar surface area (TPSA) is 6.48 Å². The second-order valence-electron chi connectivity index (χ2n) is 20.0. The Balaban J connectivity index is 0.924. The van der Waals surface area contributed by atoms with Gasteiger partial charge in [0.05, 0.1) is 17.1 Å². The largest absolute Gasteiger partial charge is 0.310 e. The zero-order chi connectivity index (χ0) is 52.5. The molecule has 0 bridgehead atoms. The number of anilines is 6. The molecule has 1 aromatic heterocycles. The maximum absolute atomic E-state index is 2.46. The van der Waals surface area contributed by atoms with Gasteiger partial charge >= 0.3 is 0 Å². The lowest BCUT2D eigenvalue weighted by molar-refractivity contribution is 1.27. The molecule has 0 saturated carbocycles. The third-order valence-electron chi connectivity index (χ3n) is 15.2. The van der Waals surface area contributed by atoms with Gasteiger partial charge in [-0.3, -0.25) is 0 Å². The fourth-order valence-electron chi connectivity index (χ4n) is 11.6. The number of fused-ring (bicyclic) bond motifs is 4. The fourth-order valence-corrected chi connectivity index (χ4v) is 12.7. The first-order chi connectivity index (χ1) is 39.2. The van der Waals surface area contributed by atoms with Crippen molar-refractivity contribution in [2.75, 3.05) is 9.80 Å². The van der Waals surface area contributed by atoms with Crippen LogP contribution in [0.1, 0.15) is 0 Å². The van der Waals surface area contributed by atoms with E-state index in [-0.39, 0.29) is 0 Å². The van der Waals surface area contributed by atoms with Crippen LogP contribution in [0.15, 0.2) is 315 Å². The van der Waals surface area contributed by atoms with Crippen molar-refractivity contribution in [3.8, 4) is 66.8 Å². The monoisotopic (exact) mass is 1020 g/mol. The summed E-state index contributed by atoms with van der Waals surface area (Å²) in [5.74, 6) is 0. The molecular formula is C76H52N2S. The van der Waals surface area contributed by atoms with Crippen LogP contribution in [-0.4, -0.2) is 0 Å². The number of para-hydroxylation sites is 3. The van der Waals surface area contributed by atoms with Crippen LogP contribution in [0.5, 0.6) is 0 Å². The standard InChI is InChI=1S/C76H52N2S/c1-4-23-53(24-5-1)64-35-12-13-36-65(64)59-31-20-34-63(49-59)78(72-42-18-15-38-67(72)55-27-8-3-9-28-55)73-43-19-16-39-68(73)60-32-21-33-62(50-60)77(71-41-17-14-37-66(71)54-25-6-2-7-26-54)61-47-45-56(46-48-61)69-40-22-44-74-76(69)70-51-57-29-10-11-30-58(57)52-75(70)79-74/h1-52H. The molecule has 0 atom stereocenters. The Labute approximate surface area is 465 Å². The highest BCUT2D eigenvalue weighted by Gasteiger charge is 2.24. The van der Waals surface area contributed by atoms with Gasteiger partial charge in [-0.1, -0.05) is 243 Å². The molecule has 1 heterocycles. The summed E-state index contributed by atoms with van der Waals surface area (Å²) in [6.07, 6.45) is 0. The van der Waals surface area contributed by atoms with Gasteiger partial charge < -0.3 is 9.80 Å². The molecule has 0 fully saturated rings. The van der Waals surface area contributed by atoms with Crippen molar-refractivity contribution in [3.05, 3.63) is 315 Å². The summed E-state index contributed by atoms with van der Waals surface area (Å²) in [4.78, 5) is 4.89. The summed E-state index contributed by atoms with van der Waals surface area (Å²) in [5.41, 5.74) is 20.4. The summed E-state index contributed by atoms with van der Waals surface area (Å²) in [6.45, 7) is 0. The molecule has 0 aliphatic heterocycles. The van der Waals surface area contributed by atoms with Crippen molar-refractivity contribution >= 4 is 76.4 Å². The SMILES string of the molecule is c1ccc(-c2ccccc2-c2cccc(N(c3ccccc3-c3ccccc3)c3ccccc3-c3cccc(N(c4ccc(-c5cccc6sc7cc8ccccc8cc7c56)cc4)c4ccccc4-c4ccccc4)c3)c2)cc1. The molecule has 0 saturated heterocycles. The average Bonchev–Trinajstić information content (AvgIpc) is 4.01. The maximum Gasteiger partial charge on any atom is 0.0540 e. The first kappa shape index (κ1) is 47.4. The number of rotatable bonds is 12. The summed E-state index contributed by atoms with van der Waals surface area (Å²) < 4.78 is 2.61. The van der Waals surface area contributed by atoms with Crippen LogP contribution in [0.25, 0.3) is 97.7 Å². The molecule has 0 amide bonds. The van der Waals surface area contributed by atoms with E-state index in [1.165, 1.54) is 58.8 Å². The number of hydrogen-bond donors (Lipinski definition) is 0. The zero-order valence-electron chi connectivity index (χ0n) is 43.3. The summed E-state index contributed by atoms with van der Waals surface area (Å²) >= 11 is 1.87. The molecule has 3 heteroatoms. The van der Waals surface area contributed by atoms with E-state index >= 15 is 0 Å². The van der Waals surface area contributed by atoms with E-state index in [0.717, 1.165) is 73.1 Å². The van der Waals surface area contributed by atoms with E-state index in [2.05, 4.69) is 325 Å². The Bertz CT molecular complexity index is 4490. The summed E-state index contributed by atoms with van der Waals surface area (Å²) in [5, 5.41) is 5.14. The second kappa shape index (κ2) is 20.8. The summed E-state index contributed by atoms with van der Waals surface area (Å²) in [6, 6.07) is 115. The third-order valence-corrected chi connectivity index (χ3v) is 16.4. The van der Waals surface area contributed by atoms with Crippen molar-refractivity contribution in [2.24, 2.45) is 0 Å². The van der Waals surface area contributed by atoms with Gasteiger partial charge in [-0.2, -0.15) is 0 Å². The lowest BCUT2D eigenvalue weighted by Crippen LogP contribution is -2.13. The van der Waals surface area contributed by atoms with Crippen LogP contribution >= 0.6 is 11.3 Å². The Hall–Kier alpha value is -10.1. The predicted molar refractivity (Wildman–Crippen MR) is 339 cm³/mol. The highest BCUT2D eigenvalue weighted by molar-refractivity contribution is 7.26. The highest BCUT2D eigenvalue weighted by Crippen LogP contribution is 2.49. The van der Waals surface area contributed by atoms with E-state index in [0.29, 0.717) is 0 Å². The van der Waals surface area contributed by atoms with Gasteiger partial charge in [0.1, 0.15) is 0 Å². The van der Waals surface area contributed by atoms with Gasteiger partial charge in [-0.25, -0.2) is 0 Å². The average molecular weight is 1030 g/mol. The Kier molecular flexibility index (Phi) is 12.5. The zero-order valence-corrected chi connectivity index (χ0v) is 44.1. The number of hydrogen-bond acceptors (Lipinski definition) is 3. The van der Waals surface area contributed by atoms with Crippen LogP contribution in [0.2, 0.25) is 0 Å². The molecule has 2 nitrogen and oxygen atoms in total. The van der Waals surface area contributed by atoms with Crippen LogP contribution in [0.3, 0.4) is 0 Å². The molecular weight excluding hydrogens is 973 g/mol.